The summed E-state index contributed by atoms with van der Waals surface area (Å²) < 4.78 is 0. The van der Waals surface area contributed by atoms with E-state index in [0.29, 0.717) is 6.04 Å². The van der Waals surface area contributed by atoms with Gasteiger partial charge in [0.1, 0.15) is 0 Å². The van der Waals surface area contributed by atoms with Gasteiger partial charge in [-0.1, -0.05) is 24.6 Å². The number of aryl methyl sites for hydroxylation is 3. The van der Waals surface area contributed by atoms with Gasteiger partial charge in [0.15, 0.2) is 0 Å². The molecule has 20 heavy (non-hydrogen) atoms. The zero-order chi connectivity index (χ0) is 14.7. The van der Waals surface area contributed by atoms with Gasteiger partial charge in [0.05, 0.1) is 0 Å². The Bertz CT molecular complexity index is 426. The van der Waals surface area contributed by atoms with E-state index in [4.69, 9.17) is 0 Å². The molecule has 0 spiro atoms. The summed E-state index contributed by atoms with van der Waals surface area (Å²) in [6, 6.07) is 5.06. The van der Waals surface area contributed by atoms with Gasteiger partial charge < -0.3 is 10.2 Å². The first kappa shape index (κ1) is 15.5. The van der Waals surface area contributed by atoms with Crippen molar-refractivity contribution in [3.8, 4) is 0 Å². The Morgan fingerprint density at radius 2 is 1.80 bits per heavy atom. The maximum Gasteiger partial charge on any atom is 0.0452 e. The summed E-state index contributed by atoms with van der Waals surface area (Å²) in [5.41, 5.74) is 5.70. The lowest BCUT2D eigenvalue weighted by Gasteiger charge is -2.29. The van der Waals surface area contributed by atoms with Crippen molar-refractivity contribution in [3.05, 3.63) is 34.4 Å². The highest BCUT2D eigenvalue weighted by atomic mass is 15.1. The molecule has 2 rings (SSSR count). The third kappa shape index (κ3) is 3.83. The molecule has 0 bridgehead atoms. The molecule has 1 aliphatic rings. The number of likely N-dealkylation sites (N-methyl/N-ethyl adjacent to an activating group) is 2. The number of rotatable bonds is 7. The topological polar surface area (TPSA) is 15.3 Å². The van der Waals surface area contributed by atoms with Gasteiger partial charge in [-0.3, -0.25) is 0 Å². The molecular formula is C18H30N2. The van der Waals surface area contributed by atoms with Crippen LogP contribution in [0.3, 0.4) is 0 Å². The molecule has 1 unspecified atom stereocenters. The van der Waals surface area contributed by atoms with E-state index in [1.807, 2.05) is 0 Å². The minimum atomic E-state index is 0.439. The molecule has 1 fully saturated rings. The molecule has 2 nitrogen and oxygen atoms in total. The maximum atomic E-state index is 3.54. The lowest BCUT2D eigenvalue weighted by molar-refractivity contribution is 0.248. The smallest absolute Gasteiger partial charge is 0.0452 e. The van der Waals surface area contributed by atoms with Crippen LogP contribution in [0.5, 0.6) is 0 Å². The molecule has 1 atom stereocenters. The molecule has 0 saturated heterocycles. The van der Waals surface area contributed by atoms with Gasteiger partial charge in [-0.2, -0.15) is 0 Å². The predicted octanol–water partition coefficient (Wildman–Crippen LogP) is 3.60. The van der Waals surface area contributed by atoms with Gasteiger partial charge in [-0.05, 0) is 69.8 Å². The van der Waals surface area contributed by atoms with E-state index in [-0.39, 0.29) is 0 Å². The van der Waals surface area contributed by atoms with E-state index in [0.717, 1.165) is 19.0 Å². The summed E-state index contributed by atoms with van der Waals surface area (Å²) in [6.07, 6.45) is 2.87. The van der Waals surface area contributed by atoms with Crippen LogP contribution in [0.15, 0.2) is 12.1 Å². The van der Waals surface area contributed by atoms with E-state index < -0.39 is 0 Å². The van der Waals surface area contributed by atoms with Crippen LogP contribution in [0.4, 0.5) is 0 Å². The van der Waals surface area contributed by atoms with Gasteiger partial charge in [-0.25, -0.2) is 0 Å². The summed E-state index contributed by atoms with van der Waals surface area (Å²) >= 11 is 0. The number of nitrogens with one attached hydrogen (secondary N) is 1. The number of nitrogens with zero attached hydrogens (tertiary/aromatic N) is 1. The van der Waals surface area contributed by atoms with E-state index >= 15 is 0 Å². The average Bonchev–Trinajstić information content (AvgIpc) is 3.19. The van der Waals surface area contributed by atoms with Gasteiger partial charge in [0.2, 0.25) is 0 Å². The largest absolute Gasteiger partial charge is 0.312 e. The Hall–Kier alpha value is -0.860. The van der Waals surface area contributed by atoms with Gasteiger partial charge in [0.25, 0.3) is 0 Å². The predicted molar refractivity (Wildman–Crippen MR) is 87.3 cm³/mol. The minimum absolute atomic E-state index is 0.439. The van der Waals surface area contributed by atoms with Crippen LogP contribution in [0, 0.1) is 26.7 Å². The molecule has 0 amide bonds. The molecule has 1 aromatic carbocycles. The third-order valence-electron chi connectivity index (χ3n) is 4.54. The molecule has 0 aliphatic heterocycles. The highest BCUT2D eigenvalue weighted by Gasteiger charge is 2.25. The molecule has 1 aliphatic carbocycles. The first-order valence-corrected chi connectivity index (χ1v) is 8.02. The number of hydrogen-bond donors (Lipinski definition) is 1. The highest BCUT2D eigenvalue weighted by Crippen LogP contribution is 2.31. The van der Waals surface area contributed by atoms with Crippen molar-refractivity contribution in [1.29, 1.82) is 0 Å². The van der Waals surface area contributed by atoms with E-state index in [9.17, 15) is 0 Å². The maximum absolute atomic E-state index is 3.54. The normalized spacial score (nSPS) is 16.7. The van der Waals surface area contributed by atoms with Crippen molar-refractivity contribution < 1.29 is 0 Å². The number of hydrogen-bond acceptors (Lipinski definition) is 2. The Balaban J connectivity index is 2.14. The lowest BCUT2D eigenvalue weighted by Crippen LogP contribution is -2.35. The SMILES string of the molecule is CCN(CC1CC1)CC(NC)c1c(C)cc(C)cc1C. The summed E-state index contributed by atoms with van der Waals surface area (Å²) in [5.74, 6) is 0.965. The van der Waals surface area contributed by atoms with Crippen molar-refractivity contribution in [2.75, 3.05) is 26.7 Å². The molecule has 1 N–H and O–H groups in total. The Labute approximate surface area is 124 Å². The fraction of sp³-hybridized carbons (Fsp3) is 0.667. The van der Waals surface area contributed by atoms with E-state index in [1.165, 1.54) is 41.6 Å². The second-order valence-electron chi connectivity index (χ2n) is 6.45. The minimum Gasteiger partial charge on any atom is -0.312 e. The van der Waals surface area contributed by atoms with Crippen molar-refractivity contribution in [2.24, 2.45) is 5.92 Å². The zero-order valence-electron chi connectivity index (χ0n) is 13.8. The zero-order valence-corrected chi connectivity index (χ0v) is 13.8. The quantitative estimate of drug-likeness (QED) is 0.817. The Kier molecular flexibility index (Phi) is 5.22. The molecule has 2 heteroatoms. The second kappa shape index (κ2) is 6.73. The van der Waals surface area contributed by atoms with Crippen LogP contribution < -0.4 is 5.32 Å². The lowest BCUT2D eigenvalue weighted by atomic mass is 9.93. The van der Waals surface area contributed by atoms with Gasteiger partial charge in [0, 0.05) is 19.1 Å². The standard InChI is InChI=1S/C18H30N2/c1-6-20(11-16-7-8-16)12-17(19-5)18-14(3)9-13(2)10-15(18)4/h9-10,16-17,19H,6-8,11-12H2,1-5H3. The van der Waals surface area contributed by atoms with Crippen LogP contribution in [0.25, 0.3) is 0 Å². The van der Waals surface area contributed by atoms with Gasteiger partial charge >= 0.3 is 0 Å². The monoisotopic (exact) mass is 274 g/mol. The van der Waals surface area contributed by atoms with Crippen molar-refractivity contribution in [3.63, 3.8) is 0 Å². The molecule has 112 valence electrons. The van der Waals surface area contributed by atoms with Crippen LogP contribution in [0.1, 0.15) is 48.1 Å². The van der Waals surface area contributed by atoms with Crippen LogP contribution >= 0.6 is 0 Å². The number of benzene rings is 1. The van der Waals surface area contributed by atoms with Crippen molar-refractivity contribution in [2.45, 2.75) is 46.6 Å². The van der Waals surface area contributed by atoms with Gasteiger partial charge in [-0.15, -0.1) is 0 Å². The van der Waals surface area contributed by atoms with Crippen LogP contribution in [-0.2, 0) is 0 Å². The molecule has 1 saturated carbocycles. The summed E-state index contributed by atoms with van der Waals surface area (Å²) in [5, 5.41) is 3.54. The Morgan fingerprint density at radius 3 is 2.25 bits per heavy atom. The Morgan fingerprint density at radius 1 is 1.20 bits per heavy atom. The summed E-state index contributed by atoms with van der Waals surface area (Å²) in [4.78, 5) is 2.61. The van der Waals surface area contributed by atoms with Crippen LogP contribution in [-0.4, -0.2) is 31.6 Å². The summed E-state index contributed by atoms with van der Waals surface area (Å²) in [6.45, 7) is 12.5. The average molecular weight is 274 g/mol. The fourth-order valence-corrected chi connectivity index (χ4v) is 3.32. The first-order chi connectivity index (χ1) is 9.55. The molecule has 0 heterocycles. The first-order valence-electron chi connectivity index (χ1n) is 8.02. The van der Waals surface area contributed by atoms with Crippen molar-refractivity contribution in [1.82, 2.24) is 10.2 Å². The third-order valence-corrected chi connectivity index (χ3v) is 4.54. The molecule has 0 aromatic heterocycles. The van der Waals surface area contributed by atoms with Crippen LogP contribution in [0.2, 0.25) is 0 Å². The molecular weight excluding hydrogens is 244 g/mol. The second-order valence-corrected chi connectivity index (χ2v) is 6.45. The molecule has 0 radical (unpaired) electrons. The fourth-order valence-electron chi connectivity index (χ4n) is 3.32. The van der Waals surface area contributed by atoms with Crippen molar-refractivity contribution >= 4 is 0 Å². The van der Waals surface area contributed by atoms with E-state index in [2.05, 4.69) is 57.1 Å². The molecule has 1 aromatic rings. The summed E-state index contributed by atoms with van der Waals surface area (Å²) in [7, 11) is 2.09. The van der Waals surface area contributed by atoms with E-state index in [1.54, 1.807) is 0 Å². The highest BCUT2D eigenvalue weighted by molar-refractivity contribution is 5.39.